The first-order valence-corrected chi connectivity index (χ1v) is 5.61. The van der Waals surface area contributed by atoms with Crippen LogP contribution in [0.1, 0.15) is 28.4 Å². The fourth-order valence-corrected chi connectivity index (χ4v) is 2.20. The van der Waals surface area contributed by atoms with E-state index in [0.29, 0.717) is 0 Å². The highest BCUT2D eigenvalue weighted by Crippen LogP contribution is 2.25. The zero-order chi connectivity index (χ0) is 13.4. The van der Waals surface area contributed by atoms with Gasteiger partial charge in [0.15, 0.2) is 0 Å². The Bertz CT molecular complexity index is 656. The minimum atomic E-state index is -0.865. The molecule has 0 fully saturated rings. The molecule has 1 aromatic heterocycles. The van der Waals surface area contributed by atoms with E-state index in [9.17, 15) is 9.59 Å². The van der Waals surface area contributed by atoms with Crippen molar-refractivity contribution in [2.24, 2.45) is 0 Å². The van der Waals surface area contributed by atoms with Crippen LogP contribution in [0.3, 0.4) is 0 Å². The summed E-state index contributed by atoms with van der Waals surface area (Å²) in [7, 11) is 0. The van der Waals surface area contributed by atoms with Gasteiger partial charge < -0.3 is 5.11 Å². The first-order valence-electron chi connectivity index (χ1n) is 5.61. The second-order valence-corrected chi connectivity index (χ2v) is 4.39. The normalized spacial score (nSPS) is 10.8. The van der Waals surface area contributed by atoms with Crippen LogP contribution in [0.2, 0.25) is 0 Å². The van der Waals surface area contributed by atoms with Gasteiger partial charge in [-0.25, -0.2) is 4.68 Å². The van der Waals surface area contributed by atoms with Crippen molar-refractivity contribution in [3.63, 3.8) is 0 Å². The van der Waals surface area contributed by atoms with Gasteiger partial charge in [0.25, 0.3) is 0 Å². The highest BCUT2D eigenvalue weighted by Gasteiger charge is 2.15. The molecule has 5 nitrogen and oxygen atoms in total. The molecule has 18 heavy (non-hydrogen) atoms. The van der Waals surface area contributed by atoms with Crippen molar-refractivity contribution < 1.29 is 14.7 Å². The van der Waals surface area contributed by atoms with Gasteiger partial charge in [-0.2, -0.15) is 5.10 Å². The smallest absolute Gasteiger partial charge is 0.307 e. The van der Waals surface area contributed by atoms with Gasteiger partial charge >= 0.3 is 5.97 Å². The molecule has 0 aliphatic rings. The molecule has 2 aromatic rings. The molecule has 1 N–H and O–H groups in total. The number of hydrogen-bond acceptors (Lipinski definition) is 3. The lowest BCUT2D eigenvalue weighted by Gasteiger charge is -2.08. The van der Waals surface area contributed by atoms with Crippen LogP contribution in [0.4, 0.5) is 0 Å². The van der Waals surface area contributed by atoms with Crippen LogP contribution in [0.15, 0.2) is 12.3 Å². The summed E-state index contributed by atoms with van der Waals surface area (Å²) in [4.78, 5) is 22.3. The van der Waals surface area contributed by atoms with E-state index in [1.807, 2.05) is 19.9 Å². The van der Waals surface area contributed by atoms with E-state index in [-0.39, 0.29) is 12.3 Å². The summed E-state index contributed by atoms with van der Waals surface area (Å²) < 4.78 is 1.35. The Morgan fingerprint density at radius 2 is 2.06 bits per heavy atom. The number of aliphatic carboxylic acids is 1. The van der Waals surface area contributed by atoms with E-state index >= 15 is 0 Å². The summed E-state index contributed by atoms with van der Waals surface area (Å²) in [5.74, 6) is -1.02. The van der Waals surface area contributed by atoms with E-state index in [0.717, 1.165) is 27.6 Å². The number of nitrogens with zero attached hydrogens (tertiary/aromatic N) is 2. The van der Waals surface area contributed by atoms with Crippen LogP contribution in [0.25, 0.3) is 10.9 Å². The third kappa shape index (κ3) is 1.88. The standard InChI is InChI=1S/C13H14N2O3/c1-7-4-10(5-12(17)18)8(2)11-6-14-15(9(3)16)13(7)11/h4,6H,5H2,1-3H3,(H,17,18). The number of benzene rings is 1. The Labute approximate surface area is 104 Å². The number of carbonyl (C=O) groups excluding carboxylic acids is 1. The highest BCUT2D eigenvalue weighted by molar-refractivity contribution is 5.94. The first kappa shape index (κ1) is 12.3. The average Bonchev–Trinajstić information content (AvgIpc) is 2.69. The molecule has 1 heterocycles. The molecule has 5 heteroatoms. The monoisotopic (exact) mass is 246 g/mol. The number of rotatable bonds is 2. The van der Waals surface area contributed by atoms with Crippen LogP contribution >= 0.6 is 0 Å². The van der Waals surface area contributed by atoms with Crippen molar-refractivity contribution in [2.75, 3.05) is 0 Å². The number of hydrogen-bond donors (Lipinski definition) is 1. The molecule has 0 saturated heterocycles. The van der Waals surface area contributed by atoms with Gasteiger partial charge in [-0.05, 0) is 30.5 Å². The SMILES string of the molecule is CC(=O)n1ncc2c(C)c(CC(=O)O)cc(C)c21. The third-order valence-corrected chi connectivity index (χ3v) is 3.06. The molecule has 0 radical (unpaired) electrons. The fraction of sp³-hybridized carbons (Fsp3) is 0.308. The van der Waals surface area contributed by atoms with Crippen molar-refractivity contribution in [3.8, 4) is 0 Å². The van der Waals surface area contributed by atoms with Gasteiger partial charge in [0.05, 0.1) is 18.1 Å². The van der Waals surface area contributed by atoms with E-state index in [1.54, 1.807) is 6.20 Å². The van der Waals surface area contributed by atoms with E-state index < -0.39 is 5.97 Å². The Balaban J connectivity index is 2.73. The number of aromatic nitrogens is 2. The lowest BCUT2D eigenvalue weighted by Crippen LogP contribution is -2.08. The highest BCUT2D eigenvalue weighted by atomic mass is 16.4. The predicted molar refractivity (Wildman–Crippen MR) is 66.8 cm³/mol. The molecule has 0 bridgehead atoms. The maximum Gasteiger partial charge on any atom is 0.307 e. The van der Waals surface area contributed by atoms with Gasteiger partial charge in [0.1, 0.15) is 0 Å². The van der Waals surface area contributed by atoms with E-state index in [4.69, 9.17) is 5.11 Å². The van der Waals surface area contributed by atoms with Crippen molar-refractivity contribution >= 4 is 22.8 Å². The van der Waals surface area contributed by atoms with Crippen molar-refractivity contribution in [2.45, 2.75) is 27.2 Å². The second-order valence-electron chi connectivity index (χ2n) is 4.39. The lowest BCUT2D eigenvalue weighted by atomic mass is 9.98. The number of carboxylic acids is 1. The maximum atomic E-state index is 11.5. The topological polar surface area (TPSA) is 72.2 Å². The third-order valence-electron chi connectivity index (χ3n) is 3.06. The van der Waals surface area contributed by atoms with Gasteiger partial charge in [-0.1, -0.05) is 6.07 Å². The molecule has 0 aliphatic heterocycles. The zero-order valence-electron chi connectivity index (χ0n) is 10.5. The van der Waals surface area contributed by atoms with Gasteiger partial charge in [0, 0.05) is 12.3 Å². The molecule has 2 rings (SSSR count). The second kappa shape index (κ2) is 4.25. The van der Waals surface area contributed by atoms with Crippen molar-refractivity contribution in [3.05, 3.63) is 29.0 Å². The van der Waals surface area contributed by atoms with Crippen molar-refractivity contribution in [1.29, 1.82) is 0 Å². The molecule has 0 atom stereocenters. The summed E-state index contributed by atoms with van der Waals surface area (Å²) in [6.45, 7) is 5.16. The molecule has 1 aromatic carbocycles. The molecule has 0 aliphatic carbocycles. The number of carboxylic acid groups (broad SMARTS) is 1. The minimum Gasteiger partial charge on any atom is -0.481 e. The van der Waals surface area contributed by atoms with Gasteiger partial charge in [-0.15, -0.1) is 0 Å². The number of carbonyl (C=O) groups is 2. The quantitative estimate of drug-likeness (QED) is 0.878. The first-order chi connectivity index (χ1) is 8.41. The van der Waals surface area contributed by atoms with E-state index in [2.05, 4.69) is 5.10 Å². The summed E-state index contributed by atoms with van der Waals surface area (Å²) in [5.41, 5.74) is 3.25. The Hall–Kier alpha value is -2.17. The number of aryl methyl sites for hydroxylation is 2. The summed E-state index contributed by atoms with van der Waals surface area (Å²) >= 11 is 0. The van der Waals surface area contributed by atoms with Crippen LogP contribution < -0.4 is 0 Å². The Morgan fingerprint density at radius 3 is 2.61 bits per heavy atom. The molecule has 0 unspecified atom stereocenters. The Kier molecular flexibility index (Phi) is 2.90. The maximum absolute atomic E-state index is 11.5. The van der Waals surface area contributed by atoms with E-state index in [1.165, 1.54) is 11.6 Å². The van der Waals surface area contributed by atoms with Crippen LogP contribution in [-0.4, -0.2) is 26.8 Å². The van der Waals surface area contributed by atoms with Gasteiger partial charge in [0.2, 0.25) is 5.91 Å². The fourth-order valence-electron chi connectivity index (χ4n) is 2.20. The zero-order valence-corrected chi connectivity index (χ0v) is 10.5. The Morgan fingerprint density at radius 1 is 1.39 bits per heavy atom. The molecular weight excluding hydrogens is 232 g/mol. The molecule has 0 amide bonds. The van der Waals surface area contributed by atoms with Crippen LogP contribution in [-0.2, 0) is 11.2 Å². The summed E-state index contributed by atoms with van der Waals surface area (Å²) in [5, 5.41) is 13.8. The predicted octanol–water partition coefficient (Wildman–Crippen LogP) is 1.94. The molecular formula is C13H14N2O3. The number of fused-ring (bicyclic) bond motifs is 1. The largest absolute Gasteiger partial charge is 0.481 e. The minimum absolute atomic E-state index is 0.0200. The van der Waals surface area contributed by atoms with Crippen LogP contribution in [0.5, 0.6) is 0 Å². The summed E-state index contributed by atoms with van der Waals surface area (Å²) in [6, 6.07) is 1.81. The van der Waals surface area contributed by atoms with Crippen LogP contribution in [0, 0.1) is 13.8 Å². The van der Waals surface area contributed by atoms with Crippen molar-refractivity contribution in [1.82, 2.24) is 9.78 Å². The van der Waals surface area contributed by atoms with Gasteiger partial charge in [-0.3, -0.25) is 9.59 Å². The molecule has 0 spiro atoms. The molecule has 94 valence electrons. The lowest BCUT2D eigenvalue weighted by molar-refractivity contribution is -0.136. The molecule has 0 saturated carbocycles. The summed E-state index contributed by atoms with van der Waals surface area (Å²) in [6.07, 6.45) is 1.60. The average molecular weight is 246 g/mol.